The van der Waals surface area contributed by atoms with E-state index in [1.54, 1.807) is 11.3 Å². The van der Waals surface area contributed by atoms with Crippen LogP contribution in [0.3, 0.4) is 0 Å². The SMILES string of the molecule is Cc1cc([C@H](C)NC(=O)Nc2ccccc2N2C[C@@H](C)O[C@H](C)C2)c(C)s1. The highest BCUT2D eigenvalue weighted by Gasteiger charge is 2.24. The van der Waals surface area contributed by atoms with Crippen molar-refractivity contribution in [1.82, 2.24) is 5.32 Å². The van der Waals surface area contributed by atoms with Crippen LogP contribution in [0.25, 0.3) is 0 Å². The highest BCUT2D eigenvalue weighted by Crippen LogP contribution is 2.29. The lowest BCUT2D eigenvalue weighted by atomic mass is 10.1. The zero-order valence-electron chi connectivity index (χ0n) is 16.7. The zero-order valence-corrected chi connectivity index (χ0v) is 17.5. The first-order chi connectivity index (χ1) is 12.8. The van der Waals surface area contributed by atoms with Crippen LogP contribution in [-0.4, -0.2) is 31.3 Å². The maximum Gasteiger partial charge on any atom is 0.319 e. The number of rotatable bonds is 4. The van der Waals surface area contributed by atoms with Crippen LogP contribution in [-0.2, 0) is 4.74 Å². The molecule has 1 fully saturated rings. The van der Waals surface area contributed by atoms with Gasteiger partial charge in [-0.05, 0) is 58.4 Å². The molecule has 1 aromatic heterocycles. The van der Waals surface area contributed by atoms with Gasteiger partial charge >= 0.3 is 6.03 Å². The molecule has 1 aromatic carbocycles. The Hall–Kier alpha value is -2.05. The lowest BCUT2D eigenvalue weighted by molar-refractivity contribution is -0.00517. The molecule has 0 unspecified atom stereocenters. The molecule has 2 N–H and O–H groups in total. The molecule has 0 aliphatic carbocycles. The van der Waals surface area contributed by atoms with Gasteiger partial charge in [0.25, 0.3) is 0 Å². The molecule has 27 heavy (non-hydrogen) atoms. The Morgan fingerprint density at radius 3 is 2.52 bits per heavy atom. The number of carbonyl (C=O) groups is 1. The Morgan fingerprint density at radius 2 is 1.89 bits per heavy atom. The van der Waals surface area contributed by atoms with E-state index in [1.807, 2.05) is 25.1 Å². The second-order valence-corrected chi connectivity index (χ2v) is 8.83. The van der Waals surface area contributed by atoms with Crippen LogP contribution >= 0.6 is 11.3 Å². The van der Waals surface area contributed by atoms with E-state index < -0.39 is 0 Å². The predicted octanol–water partition coefficient (Wildman–Crippen LogP) is 4.86. The third kappa shape index (κ3) is 4.82. The van der Waals surface area contributed by atoms with E-state index in [0.717, 1.165) is 24.5 Å². The van der Waals surface area contributed by atoms with Gasteiger partial charge in [-0.15, -0.1) is 11.3 Å². The molecule has 0 radical (unpaired) electrons. The van der Waals surface area contributed by atoms with Gasteiger partial charge in [-0.1, -0.05) is 12.1 Å². The summed E-state index contributed by atoms with van der Waals surface area (Å²) >= 11 is 1.76. The predicted molar refractivity (Wildman–Crippen MR) is 113 cm³/mol. The minimum absolute atomic E-state index is 0.0365. The Balaban J connectivity index is 1.70. The summed E-state index contributed by atoms with van der Waals surface area (Å²) in [6, 6.07) is 9.87. The number of amides is 2. The normalized spacial score (nSPS) is 21.0. The van der Waals surface area contributed by atoms with Crippen molar-refractivity contribution in [3.8, 4) is 0 Å². The molecule has 0 spiro atoms. The van der Waals surface area contributed by atoms with Crippen molar-refractivity contribution < 1.29 is 9.53 Å². The molecular weight excluding hydrogens is 358 g/mol. The van der Waals surface area contributed by atoms with Crippen molar-refractivity contribution in [2.75, 3.05) is 23.3 Å². The number of ether oxygens (including phenoxy) is 1. The number of aryl methyl sites for hydroxylation is 2. The largest absolute Gasteiger partial charge is 0.372 e. The lowest BCUT2D eigenvalue weighted by Gasteiger charge is -2.37. The summed E-state index contributed by atoms with van der Waals surface area (Å²) in [4.78, 5) is 17.4. The summed E-state index contributed by atoms with van der Waals surface area (Å²) in [6.07, 6.45) is 0.334. The fourth-order valence-electron chi connectivity index (χ4n) is 3.74. The fraction of sp³-hybridized carbons (Fsp3) is 0.476. The van der Waals surface area contributed by atoms with E-state index in [-0.39, 0.29) is 24.3 Å². The van der Waals surface area contributed by atoms with Gasteiger partial charge in [-0.2, -0.15) is 0 Å². The van der Waals surface area contributed by atoms with Crippen molar-refractivity contribution in [3.05, 3.63) is 45.6 Å². The minimum Gasteiger partial charge on any atom is -0.372 e. The first-order valence-corrected chi connectivity index (χ1v) is 10.3. The van der Waals surface area contributed by atoms with E-state index in [4.69, 9.17) is 4.74 Å². The maximum absolute atomic E-state index is 12.6. The highest BCUT2D eigenvalue weighted by molar-refractivity contribution is 7.12. The number of urea groups is 1. The molecular formula is C21H29N3O2S. The molecule has 2 heterocycles. The highest BCUT2D eigenvalue weighted by atomic mass is 32.1. The molecule has 2 amide bonds. The number of anilines is 2. The average Bonchev–Trinajstić information content (AvgIpc) is 2.93. The molecule has 5 nitrogen and oxygen atoms in total. The first kappa shape index (κ1) is 19.7. The molecule has 1 aliphatic rings. The maximum atomic E-state index is 12.6. The lowest BCUT2D eigenvalue weighted by Crippen LogP contribution is -2.45. The van der Waals surface area contributed by atoms with Crippen molar-refractivity contribution in [3.63, 3.8) is 0 Å². The van der Waals surface area contributed by atoms with Crippen molar-refractivity contribution in [2.45, 2.75) is 52.9 Å². The smallest absolute Gasteiger partial charge is 0.319 e. The van der Waals surface area contributed by atoms with Crippen LogP contribution in [0.5, 0.6) is 0 Å². The topological polar surface area (TPSA) is 53.6 Å². The van der Waals surface area contributed by atoms with Gasteiger partial charge in [0.1, 0.15) is 0 Å². The summed E-state index contributed by atoms with van der Waals surface area (Å²) in [7, 11) is 0. The number of hydrogen-bond acceptors (Lipinski definition) is 4. The van der Waals surface area contributed by atoms with Gasteiger partial charge in [0.15, 0.2) is 0 Å². The van der Waals surface area contributed by atoms with Crippen molar-refractivity contribution in [1.29, 1.82) is 0 Å². The number of benzene rings is 1. The van der Waals surface area contributed by atoms with E-state index in [1.165, 1.54) is 15.3 Å². The summed E-state index contributed by atoms with van der Waals surface area (Å²) in [5.74, 6) is 0. The molecule has 3 rings (SSSR count). The Kier molecular flexibility index (Phi) is 6.07. The Bertz CT molecular complexity index is 794. The van der Waals surface area contributed by atoms with Crippen molar-refractivity contribution in [2.24, 2.45) is 0 Å². The van der Waals surface area contributed by atoms with Crippen LogP contribution in [0.4, 0.5) is 16.2 Å². The van der Waals surface area contributed by atoms with Gasteiger partial charge in [-0.3, -0.25) is 0 Å². The molecule has 0 saturated carbocycles. The molecule has 1 aliphatic heterocycles. The van der Waals surface area contributed by atoms with E-state index in [0.29, 0.717) is 0 Å². The molecule has 3 atom stereocenters. The van der Waals surface area contributed by atoms with Crippen LogP contribution in [0.1, 0.15) is 42.1 Å². The van der Waals surface area contributed by atoms with Gasteiger partial charge in [0, 0.05) is 22.8 Å². The van der Waals surface area contributed by atoms with Crippen LogP contribution in [0.2, 0.25) is 0 Å². The Morgan fingerprint density at radius 1 is 1.22 bits per heavy atom. The van der Waals surface area contributed by atoms with Crippen LogP contribution in [0.15, 0.2) is 30.3 Å². The number of morpholine rings is 1. The number of carbonyl (C=O) groups excluding carboxylic acids is 1. The van der Waals surface area contributed by atoms with E-state index in [9.17, 15) is 4.79 Å². The second kappa shape index (κ2) is 8.31. The summed E-state index contributed by atoms with van der Waals surface area (Å²) in [6.45, 7) is 12.0. The number of hydrogen-bond donors (Lipinski definition) is 2. The minimum atomic E-state index is -0.187. The van der Waals surface area contributed by atoms with E-state index in [2.05, 4.69) is 55.4 Å². The number of para-hydroxylation sites is 2. The third-order valence-corrected chi connectivity index (χ3v) is 5.79. The zero-order chi connectivity index (χ0) is 19.6. The summed E-state index contributed by atoms with van der Waals surface area (Å²) < 4.78 is 5.83. The Labute approximate surface area is 165 Å². The summed E-state index contributed by atoms with van der Waals surface area (Å²) in [5, 5.41) is 6.10. The first-order valence-electron chi connectivity index (χ1n) is 9.47. The third-order valence-electron chi connectivity index (χ3n) is 4.81. The van der Waals surface area contributed by atoms with E-state index >= 15 is 0 Å². The van der Waals surface area contributed by atoms with Crippen LogP contribution < -0.4 is 15.5 Å². The van der Waals surface area contributed by atoms with Crippen molar-refractivity contribution >= 4 is 28.7 Å². The molecule has 0 bridgehead atoms. The molecule has 6 heteroatoms. The standard InChI is InChI=1S/C21H29N3O2S/c1-13-11-24(12-14(2)26-13)20-9-7-6-8-19(20)23-21(25)22-16(4)18-10-15(3)27-17(18)5/h6-10,13-14,16H,11-12H2,1-5H3,(H2,22,23,25)/t13-,14-,16+/m1/s1. The summed E-state index contributed by atoms with van der Waals surface area (Å²) in [5.41, 5.74) is 3.03. The second-order valence-electron chi connectivity index (χ2n) is 7.37. The quantitative estimate of drug-likeness (QED) is 0.788. The average molecular weight is 388 g/mol. The number of nitrogens with zero attached hydrogens (tertiary/aromatic N) is 1. The number of nitrogens with one attached hydrogen (secondary N) is 2. The van der Waals surface area contributed by atoms with Gasteiger partial charge in [0.05, 0.1) is 29.6 Å². The van der Waals surface area contributed by atoms with Gasteiger partial charge in [-0.25, -0.2) is 4.79 Å². The van der Waals surface area contributed by atoms with Gasteiger partial charge in [0.2, 0.25) is 0 Å². The van der Waals surface area contributed by atoms with Gasteiger partial charge < -0.3 is 20.3 Å². The van der Waals surface area contributed by atoms with Crippen LogP contribution in [0, 0.1) is 13.8 Å². The fourth-order valence-corrected chi connectivity index (χ4v) is 4.77. The molecule has 2 aromatic rings. The molecule has 146 valence electrons. The molecule has 1 saturated heterocycles. The monoisotopic (exact) mass is 387 g/mol. The number of thiophene rings is 1.